The molecule has 4 rings (SSSR count). The van der Waals surface area contributed by atoms with Crippen LogP contribution in [0.3, 0.4) is 0 Å². The topological polar surface area (TPSA) is 178 Å². The molecule has 0 aliphatic carbocycles. The zero-order chi connectivity index (χ0) is 29.2. The third-order valence-corrected chi connectivity index (χ3v) is 7.92. The molecule has 0 saturated carbocycles. The molecule has 0 bridgehead atoms. The Balaban J connectivity index is 1.60. The fraction of sp³-hybridized carbons (Fsp3) is 0.423. The van der Waals surface area contributed by atoms with Crippen molar-refractivity contribution >= 4 is 24.5 Å². The van der Waals surface area contributed by atoms with Crippen molar-refractivity contribution in [1.29, 1.82) is 0 Å². The SMILES string of the molecule is CC(C)OC(=O)[C@H](C)NP(=O)(OC[C@H]1O[C@@H](n2ccc(=O)[nH]c2=O)[C@](C)(O)[C@@H]1O)Oc1cccc2ccccc12. The molecule has 1 fully saturated rings. The average Bonchev–Trinajstić information content (AvgIpc) is 3.11. The summed E-state index contributed by atoms with van der Waals surface area (Å²) in [6.07, 6.45) is -3.61. The first-order chi connectivity index (χ1) is 18.8. The summed E-state index contributed by atoms with van der Waals surface area (Å²) in [7, 11) is -4.37. The number of esters is 1. The number of aromatic amines is 1. The van der Waals surface area contributed by atoms with Crippen LogP contribution in [0.15, 0.2) is 64.3 Å². The van der Waals surface area contributed by atoms with Gasteiger partial charge < -0.3 is 24.2 Å². The van der Waals surface area contributed by atoms with Crippen LogP contribution in [0.1, 0.15) is 33.9 Å². The van der Waals surface area contributed by atoms with Crippen molar-refractivity contribution < 1.29 is 38.1 Å². The highest BCUT2D eigenvalue weighted by atomic mass is 31.2. The summed E-state index contributed by atoms with van der Waals surface area (Å²) in [5.74, 6) is -0.492. The van der Waals surface area contributed by atoms with Crippen molar-refractivity contribution in [2.45, 2.75) is 63.9 Å². The van der Waals surface area contributed by atoms with Gasteiger partial charge in [-0.2, -0.15) is 5.09 Å². The molecule has 1 aliphatic rings. The van der Waals surface area contributed by atoms with Crippen molar-refractivity contribution in [1.82, 2.24) is 14.6 Å². The Hall–Kier alpha value is -3.32. The zero-order valence-electron chi connectivity index (χ0n) is 22.3. The van der Waals surface area contributed by atoms with Crippen molar-refractivity contribution in [3.63, 3.8) is 0 Å². The van der Waals surface area contributed by atoms with E-state index in [1.165, 1.54) is 13.8 Å². The van der Waals surface area contributed by atoms with Gasteiger partial charge in [-0.05, 0) is 39.1 Å². The van der Waals surface area contributed by atoms with E-state index in [0.29, 0.717) is 5.39 Å². The fourth-order valence-electron chi connectivity index (χ4n) is 4.28. The van der Waals surface area contributed by atoms with E-state index in [0.717, 1.165) is 22.2 Å². The van der Waals surface area contributed by atoms with Gasteiger partial charge in [-0.3, -0.25) is 23.7 Å². The molecule has 1 saturated heterocycles. The molecular weight excluding hydrogens is 545 g/mol. The third-order valence-electron chi connectivity index (χ3n) is 6.29. The van der Waals surface area contributed by atoms with Gasteiger partial charge in [-0.15, -0.1) is 0 Å². The maximum atomic E-state index is 14.0. The van der Waals surface area contributed by atoms with Gasteiger partial charge in [-0.25, -0.2) is 9.36 Å². The fourth-order valence-corrected chi connectivity index (χ4v) is 5.80. The van der Waals surface area contributed by atoms with Crippen LogP contribution >= 0.6 is 7.75 Å². The molecule has 14 heteroatoms. The lowest BCUT2D eigenvalue weighted by molar-refractivity contribution is -0.149. The van der Waals surface area contributed by atoms with Gasteiger partial charge in [0, 0.05) is 17.6 Å². The van der Waals surface area contributed by atoms with Crippen LogP contribution in [-0.4, -0.2) is 62.3 Å². The van der Waals surface area contributed by atoms with Crippen molar-refractivity contribution in [3.8, 4) is 5.75 Å². The first-order valence-corrected chi connectivity index (χ1v) is 14.1. The van der Waals surface area contributed by atoms with Gasteiger partial charge in [0.1, 0.15) is 29.6 Å². The Morgan fingerprint density at radius 1 is 1.18 bits per heavy atom. The Morgan fingerprint density at radius 2 is 1.88 bits per heavy atom. The standard InChI is InChI=1S/C26H32N3O10P/c1-15(2)37-23(32)16(3)28-40(35,39-19-11-7-9-17-8-5-6-10-18(17)19)36-14-20-22(31)26(4,34)24(38-20)29-13-12-21(30)27-25(29)33/h5-13,15-16,20,22,24,31,34H,14H2,1-4H3,(H,28,35)(H,27,30,33)/t16-,20+,22+,24+,26+,40?/m0/s1. The molecule has 13 nitrogen and oxygen atoms in total. The molecule has 2 heterocycles. The predicted octanol–water partition coefficient (Wildman–Crippen LogP) is 1.83. The Morgan fingerprint density at radius 3 is 2.58 bits per heavy atom. The Bertz CT molecular complexity index is 1530. The number of aliphatic hydroxyl groups is 2. The first-order valence-electron chi connectivity index (χ1n) is 12.6. The number of H-pyrrole nitrogens is 1. The molecule has 2 aromatic carbocycles. The maximum Gasteiger partial charge on any atom is 0.459 e. The summed E-state index contributed by atoms with van der Waals surface area (Å²) < 4.78 is 37.4. The number of aromatic nitrogens is 2. The number of aliphatic hydroxyl groups excluding tert-OH is 1. The number of benzene rings is 2. The number of fused-ring (bicyclic) bond motifs is 1. The minimum absolute atomic E-state index is 0.205. The molecule has 216 valence electrons. The number of hydrogen-bond donors (Lipinski definition) is 4. The van der Waals surface area contributed by atoms with Crippen LogP contribution in [0, 0.1) is 0 Å². The van der Waals surface area contributed by atoms with Gasteiger partial charge >= 0.3 is 19.4 Å². The summed E-state index contributed by atoms with van der Waals surface area (Å²) in [6.45, 7) is 5.43. The van der Waals surface area contributed by atoms with Crippen LogP contribution in [0.25, 0.3) is 10.8 Å². The van der Waals surface area contributed by atoms with E-state index in [4.69, 9.17) is 18.5 Å². The Labute approximate surface area is 229 Å². The molecular formula is C26H32N3O10P. The monoisotopic (exact) mass is 577 g/mol. The first kappa shape index (κ1) is 29.7. The molecule has 1 aromatic heterocycles. The average molecular weight is 578 g/mol. The summed E-state index contributed by atoms with van der Waals surface area (Å²) in [4.78, 5) is 38.3. The minimum Gasteiger partial charge on any atom is -0.462 e. The van der Waals surface area contributed by atoms with Crippen molar-refractivity contribution in [2.24, 2.45) is 0 Å². The van der Waals surface area contributed by atoms with Gasteiger partial charge in [0.2, 0.25) is 0 Å². The Kier molecular flexibility index (Phi) is 8.64. The number of ether oxygens (including phenoxy) is 2. The smallest absolute Gasteiger partial charge is 0.459 e. The lowest BCUT2D eigenvalue weighted by Crippen LogP contribution is -2.47. The molecule has 0 spiro atoms. The largest absolute Gasteiger partial charge is 0.462 e. The summed E-state index contributed by atoms with van der Waals surface area (Å²) in [5.41, 5.74) is -3.52. The molecule has 1 aliphatic heterocycles. The third kappa shape index (κ3) is 6.35. The van der Waals surface area contributed by atoms with Crippen LogP contribution in [0.5, 0.6) is 5.75 Å². The summed E-state index contributed by atoms with van der Waals surface area (Å²) >= 11 is 0. The highest BCUT2D eigenvalue weighted by Gasteiger charge is 2.54. The molecule has 40 heavy (non-hydrogen) atoms. The number of hydrogen-bond acceptors (Lipinski definition) is 10. The highest BCUT2D eigenvalue weighted by molar-refractivity contribution is 7.52. The summed E-state index contributed by atoms with van der Waals surface area (Å²) in [5, 5.41) is 25.8. The number of carbonyl (C=O) groups excluding carboxylic acids is 1. The van der Waals surface area contributed by atoms with E-state index in [1.54, 1.807) is 38.1 Å². The minimum atomic E-state index is -4.37. The van der Waals surface area contributed by atoms with E-state index < -0.39 is 67.8 Å². The maximum absolute atomic E-state index is 14.0. The highest BCUT2D eigenvalue weighted by Crippen LogP contribution is 2.48. The molecule has 0 radical (unpaired) electrons. The predicted molar refractivity (Wildman–Crippen MR) is 144 cm³/mol. The van der Waals surface area contributed by atoms with Gasteiger partial charge in [0.25, 0.3) is 5.56 Å². The van der Waals surface area contributed by atoms with E-state index in [1.807, 2.05) is 18.2 Å². The number of nitrogens with zero attached hydrogens (tertiary/aromatic N) is 1. The van der Waals surface area contributed by atoms with Gasteiger partial charge in [-0.1, -0.05) is 36.4 Å². The zero-order valence-corrected chi connectivity index (χ0v) is 23.2. The van der Waals surface area contributed by atoms with Gasteiger partial charge in [0.15, 0.2) is 6.23 Å². The quantitative estimate of drug-likeness (QED) is 0.204. The number of carbonyl (C=O) groups is 1. The molecule has 0 amide bonds. The van der Waals surface area contributed by atoms with E-state index in [9.17, 15) is 29.2 Å². The second-order valence-corrected chi connectivity index (χ2v) is 11.6. The molecule has 3 aromatic rings. The van der Waals surface area contributed by atoms with Crippen molar-refractivity contribution in [2.75, 3.05) is 6.61 Å². The number of rotatable bonds is 10. The van der Waals surface area contributed by atoms with Crippen LogP contribution in [0.4, 0.5) is 0 Å². The normalized spacial score (nSPS) is 25.0. The molecule has 1 unspecified atom stereocenters. The van der Waals surface area contributed by atoms with Gasteiger partial charge in [0.05, 0.1) is 12.7 Å². The van der Waals surface area contributed by atoms with E-state index in [-0.39, 0.29) is 5.75 Å². The number of nitrogens with one attached hydrogen (secondary N) is 2. The second kappa shape index (κ2) is 11.7. The van der Waals surface area contributed by atoms with E-state index in [2.05, 4.69) is 10.1 Å². The molecule has 4 N–H and O–H groups in total. The lowest BCUT2D eigenvalue weighted by atomic mass is 9.96. The van der Waals surface area contributed by atoms with Crippen LogP contribution in [-0.2, 0) is 23.4 Å². The van der Waals surface area contributed by atoms with Crippen LogP contribution in [0.2, 0.25) is 0 Å². The second-order valence-electron chi connectivity index (χ2n) is 9.91. The molecule has 6 atom stereocenters. The van der Waals surface area contributed by atoms with E-state index >= 15 is 0 Å². The van der Waals surface area contributed by atoms with Crippen LogP contribution < -0.4 is 20.9 Å². The lowest BCUT2D eigenvalue weighted by Gasteiger charge is -2.27. The van der Waals surface area contributed by atoms with Crippen molar-refractivity contribution in [3.05, 3.63) is 75.6 Å². The summed E-state index contributed by atoms with van der Waals surface area (Å²) in [6, 6.07) is 12.3.